The first-order valence-corrected chi connectivity index (χ1v) is 6.29. The van der Waals surface area contributed by atoms with Gasteiger partial charge in [-0.25, -0.2) is 0 Å². The first kappa shape index (κ1) is 13.3. The molecular weight excluding hydrogens is 236 g/mol. The van der Waals surface area contributed by atoms with Crippen molar-refractivity contribution in [1.82, 2.24) is 0 Å². The van der Waals surface area contributed by atoms with Gasteiger partial charge in [0.05, 0.1) is 24.2 Å². The number of hydrogen-bond acceptors (Lipinski definition) is 3. The molecule has 0 aliphatic carbocycles. The molecule has 2 aromatic rings. The molecule has 19 heavy (non-hydrogen) atoms. The van der Waals surface area contributed by atoms with Crippen molar-refractivity contribution in [3.05, 3.63) is 47.0 Å². The molecule has 3 N–H and O–H groups in total. The normalized spacial score (nSPS) is 10.3. The molecule has 100 valence electrons. The highest BCUT2D eigenvalue weighted by molar-refractivity contribution is 5.77. The minimum atomic E-state index is 0.738. The quantitative estimate of drug-likeness (QED) is 0.817. The van der Waals surface area contributed by atoms with Gasteiger partial charge in [0.1, 0.15) is 5.75 Å². The van der Waals surface area contributed by atoms with Crippen LogP contribution in [0.15, 0.2) is 30.3 Å². The van der Waals surface area contributed by atoms with Gasteiger partial charge in [-0.05, 0) is 55.7 Å². The van der Waals surface area contributed by atoms with Gasteiger partial charge < -0.3 is 15.8 Å². The van der Waals surface area contributed by atoms with Crippen LogP contribution >= 0.6 is 0 Å². The van der Waals surface area contributed by atoms with E-state index >= 15 is 0 Å². The molecule has 0 atom stereocenters. The number of methoxy groups -OCH3 is 1. The molecule has 0 heterocycles. The summed E-state index contributed by atoms with van der Waals surface area (Å²) in [7, 11) is 1.68. The van der Waals surface area contributed by atoms with E-state index in [4.69, 9.17) is 10.5 Å². The van der Waals surface area contributed by atoms with Gasteiger partial charge in [-0.1, -0.05) is 12.1 Å². The highest BCUT2D eigenvalue weighted by Crippen LogP contribution is 2.34. The largest absolute Gasteiger partial charge is 0.495 e. The van der Waals surface area contributed by atoms with Crippen molar-refractivity contribution in [3.63, 3.8) is 0 Å². The van der Waals surface area contributed by atoms with Gasteiger partial charge in [0, 0.05) is 0 Å². The fraction of sp³-hybridized carbons (Fsp3) is 0.250. The van der Waals surface area contributed by atoms with Crippen LogP contribution in [-0.2, 0) is 0 Å². The maximum atomic E-state index is 6.04. The summed E-state index contributed by atoms with van der Waals surface area (Å²) in [5.74, 6) is 0.831. The Morgan fingerprint density at radius 2 is 1.74 bits per heavy atom. The van der Waals surface area contributed by atoms with Gasteiger partial charge in [0.15, 0.2) is 0 Å². The van der Waals surface area contributed by atoms with E-state index in [1.54, 1.807) is 7.11 Å². The van der Waals surface area contributed by atoms with E-state index in [1.807, 2.05) is 31.2 Å². The monoisotopic (exact) mass is 256 g/mol. The number of nitrogen functional groups attached to an aromatic ring is 1. The van der Waals surface area contributed by atoms with E-state index in [9.17, 15) is 0 Å². The van der Waals surface area contributed by atoms with Gasteiger partial charge in [-0.2, -0.15) is 0 Å². The fourth-order valence-electron chi connectivity index (χ4n) is 2.18. The molecule has 0 bridgehead atoms. The Balaban J connectivity index is 2.43. The third kappa shape index (κ3) is 2.81. The molecule has 0 aliphatic rings. The van der Waals surface area contributed by atoms with Crippen LogP contribution in [0.5, 0.6) is 5.75 Å². The Labute approximate surface area is 114 Å². The number of aryl methyl sites for hydroxylation is 3. The molecule has 0 spiro atoms. The zero-order chi connectivity index (χ0) is 14.0. The molecule has 0 amide bonds. The molecule has 0 unspecified atom stereocenters. The second-order valence-electron chi connectivity index (χ2n) is 4.87. The highest BCUT2D eigenvalue weighted by Gasteiger charge is 2.09. The van der Waals surface area contributed by atoms with E-state index in [2.05, 4.69) is 25.2 Å². The third-order valence-electron chi connectivity index (χ3n) is 3.13. The van der Waals surface area contributed by atoms with E-state index in [1.165, 1.54) is 5.56 Å². The first-order chi connectivity index (χ1) is 9.01. The molecule has 3 nitrogen and oxygen atoms in total. The van der Waals surface area contributed by atoms with Crippen molar-refractivity contribution < 1.29 is 4.74 Å². The van der Waals surface area contributed by atoms with Crippen LogP contribution in [0.2, 0.25) is 0 Å². The second-order valence-corrected chi connectivity index (χ2v) is 4.87. The summed E-state index contributed by atoms with van der Waals surface area (Å²) in [6, 6.07) is 10.1. The summed E-state index contributed by atoms with van der Waals surface area (Å²) in [6.45, 7) is 6.14. The van der Waals surface area contributed by atoms with Gasteiger partial charge in [-0.3, -0.25) is 0 Å². The van der Waals surface area contributed by atoms with E-state index < -0.39 is 0 Å². The zero-order valence-electron chi connectivity index (χ0n) is 11.9. The molecular formula is C16H20N2O. The van der Waals surface area contributed by atoms with Crippen LogP contribution in [-0.4, -0.2) is 7.11 Å². The lowest BCUT2D eigenvalue weighted by molar-refractivity contribution is 0.416. The van der Waals surface area contributed by atoms with Crippen molar-refractivity contribution in [2.75, 3.05) is 18.2 Å². The third-order valence-corrected chi connectivity index (χ3v) is 3.13. The number of ether oxygens (including phenoxy) is 1. The van der Waals surface area contributed by atoms with E-state index in [0.29, 0.717) is 0 Å². The summed E-state index contributed by atoms with van der Waals surface area (Å²) in [4.78, 5) is 0. The average molecular weight is 256 g/mol. The van der Waals surface area contributed by atoms with Crippen LogP contribution in [0.3, 0.4) is 0 Å². The van der Waals surface area contributed by atoms with Gasteiger partial charge in [0.25, 0.3) is 0 Å². The summed E-state index contributed by atoms with van der Waals surface area (Å²) in [5.41, 5.74) is 12.1. The molecule has 0 saturated heterocycles. The maximum absolute atomic E-state index is 6.04. The SMILES string of the molecule is COc1cc(C)cc(C)c1Nc1ccc(C)cc1N. The van der Waals surface area contributed by atoms with Crippen LogP contribution in [0.4, 0.5) is 17.1 Å². The Morgan fingerprint density at radius 1 is 1.00 bits per heavy atom. The number of benzene rings is 2. The average Bonchev–Trinajstić information content (AvgIpc) is 2.34. The molecule has 3 heteroatoms. The summed E-state index contributed by atoms with van der Waals surface area (Å²) < 4.78 is 5.44. The lowest BCUT2D eigenvalue weighted by Gasteiger charge is -2.16. The molecule has 0 fully saturated rings. The predicted octanol–water partition coefficient (Wildman–Crippen LogP) is 3.95. The van der Waals surface area contributed by atoms with Crippen molar-refractivity contribution in [3.8, 4) is 5.75 Å². The molecule has 0 aliphatic heterocycles. The topological polar surface area (TPSA) is 47.3 Å². The van der Waals surface area contributed by atoms with Crippen molar-refractivity contribution in [2.24, 2.45) is 0 Å². The standard InChI is InChI=1S/C16H20N2O/c1-10-5-6-14(13(17)8-10)18-16-12(3)7-11(2)9-15(16)19-4/h5-9,18H,17H2,1-4H3. The maximum Gasteiger partial charge on any atom is 0.142 e. The van der Waals surface area contributed by atoms with E-state index in [0.717, 1.165) is 33.9 Å². The van der Waals surface area contributed by atoms with Crippen LogP contribution in [0.25, 0.3) is 0 Å². The lowest BCUT2D eigenvalue weighted by atomic mass is 10.1. The Kier molecular flexibility index (Phi) is 3.65. The number of nitrogens with one attached hydrogen (secondary N) is 1. The van der Waals surface area contributed by atoms with Gasteiger partial charge in [-0.15, -0.1) is 0 Å². The highest BCUT2D eigenvalue weighted by atomic mass is 16.5. The van der Waals surface area contributed by atoms with Crippen molar-refractivity contribution in [2.45, 2.75) is 20.8 Å². The minimum Gasteiger partial charge on any atom is -0.495 e. The summed E-state index contributed by atoms with van der Waals surface area (Å²) in [6.07, 6.45) is 0. The number of hydrogen-bond donors (Lipinski definition) is 2. The van der Waals surface area contributed by atoms with Crippen LogP contribution in [0, 0.1) is 20.8 Å². The molecule has 2 rings (SSSR count). The molecule has 2 aromatic carbocycles. The van der Waals surface area contributed by atoms with E-state index in [-0.39, 0.29) is 0 Å². The van der Waals surface area contributed by atoms with Crippen molar-refractivity contribution >= 4 is 17.1 Å². The summed E-state index contributed by atoms with van der Waals surface area (Å²) >= 11 is 0. The fourth-order valence-corrected chi connectivity index (χ4v) is 2.18. The number of nitrogens with two attached hydrogens (primary N) is 1. The van der Waals surface area contributed by atoms with Gasteiger partial charge >= 0.3 is 0 Å². The smallest absolute Gasteiger partial charge is 0.142 e. The molecule has 0 saturated carbocycles. The zero-order valence-corrected chi connectivity index (χ0v) is 11.9. The second kappa shape index (κ2) is 5.22. The Bertz CT molecular complexity index is 606. The minimum absolute atomic E-state index is 0.738. The summed E-state index contributed by atoms with van der Waals surface area (Å²) in [5, 5.41) is 3.36. The number of rotatable bonds is 3. The Morgan fingerprint density at radius 3 is 2.37 bits per heavy atom. The van der Waals surface area contributed by atoms with Gasteiger partial charge in [0.2, 0.25) is 0 Å². The number of anilines is 3. The lowest BCUT2D eigenvalue weighted by Crippen LogP contribution is -2.01. The van der Waals surface area contributed by atoms with Crippen LogP contribution in [0.1, 0.15) is 16.7 Å². The first-order valence-electron chi connectivity index (χ1n) is 6.29. The van der Waals surface area contributed by atoms with Crippen LogP contribution < -0.4 is 15.8 Å². The predicted molar refractivity (Wildman–Crippen MR) is 81.3 cm³/mol. The Hall–Kier alpha value is -2.16. The molecule has 0 aromatic heterocycles. The van der Waals surface area contributed by atoms with Crippen molar-refractivity contribution in [1.29, 1.82) is 0 Å². The molecule has 0 radical (unpaired) electrons.